The fourth-order valence-corrected chi connectivity index (χ4v) is 2.66. The third kappa shape index (κ3) is 2.20. The smallest absolute Gasteiger partial charge is 0.231 e. The van der Waals surface area contributed by atoms with Crippen LogP contribution in [0, 0.1) is 0 Å². The second-order valence-electron chi connectivity index (χ2n) is 4.60. The van der Waals surface area contributed by atoms with Gasteiger partial charge in [0.25, 0.3) is 0 Å². The van der Waals surface area contributed by atoms with Crippen molar-refractivity contribution in [1.82, 2.24) is 4.90 Å². The Balaban J connectivity index is 1.77. The first-order valence-electron chi connectivity index (χ1n) is 5.78. The van der Waals surface area contributed by atoms with Gasteiger partial charge >= 0.3 is 0 Å². The van der Waals surface area contributed by atoms with Gasteiger partial charge in [-0.15, -0.1) is 0 Å². The quantitative estimate of drug-likeness (QED) is 0.871. The average Bonchev–Trinajstić information content (AvgIpc) is 2.87. The predicted molar refractivity (Wildman–Crippen MR) is 65.4 cm³/mol. The third-order valence-corrected chi connectivity index (χ3v) is 3.48. The van der Waals surface area contributed by atoms with Gasteiger partial charge in [-0.2, -0.15) is 0 Å². The Hall–Kier alpha value is -0.970. The normalized spacial score (nSPS) is 23.3. The number of rotatable bonds is 2. The molecule has 1 aromatic rings. The van der Waals surface area contributed by atoms with Gasteiger partial charge in [-0.25, -0.2) is 0 Å². The first-order chi connectivity index (χ1) is 8.22. The number of fused-ring (bicyclic) bond motifs is 1. The molecule has 2 N–H and O–H groups in total. The molecule has 4 nitrogen and oxygen atoms in total. The number of hydrogen-bond acceptors (Lipinski definition) is 4. The molecule has 2 aliphatic heterocycles. The third-order valence-electron chi connectivity index (χ3n) is 3.20. The van der Waals surface area contributed by atoms with Gasteiger partial charge in [0.05, 0.1) is 5.02 Å². The van der Waals surface area contributed by atoms with E-state index in [1.807, 2.05) is 12.1 Å². The lowest BCUT2D eigenvalue weighted by atomic mass is 10.2. The molecule has 1 atom stereocenters. The van der Waals surface area contributed by atoms with Gasteiger partial charge < -0.3 is 15.2 Å². The molecule has 0 aliphatic carbocycles. The molecule has 0 unspecified atom stereocenters. The van der Waals surface area contributed by atoms with Crippen molar-refractivity contribution in [3.8, 4) is 11.5 Å². The SMILES string of the molecule is N[C@@H]1CCN(Cc2cc(Cl)c3c(c2)OCO3)C1. The number of hydrogen-bond donors (Lipinski definition) is 1. The van der Waals surface area contributed by atoms with Crippen molar-refractivity contribution in [1.29, 1.82) is 0 Å². The molecule has 17 heavy (non-hydrogen) atoms. The van der Waals surface area contributed by atoms with Crippen LogP contribution in [0.3, 0.4) is 0 Å². The molecule has 92 valence electrons. The van der Waals surface area contributed by atoms with Crippen molar-refractivity contribution in [2.75, 3.05) is 19.9 Å². The van der Waals surface area contributed by atoms with Gasteiger partial charge in [-0.3, -0.25) is 4.90 Å². The molecule has 0 radical (unpaired) electrons. The standard InChI is InChI=1S/C12H15ClN2O2/c13-10-3-8(4-11-12(10)17-7-16-11)5-15-2-1-9(14)6-15/h3-4,9H,1-2,5-7,14H2/t9-/m1/s1. The molecular formula is C12H15ClN2O2. The molecule has 0 amide bonds. The molecular weight excluding hydrogens is 240 g/mol. The van der Waals surface area contributed by atoms with Crippen LogP contribution in [-0.2, 0) is 6.54 Å². The van der Waals surface area contributed by atoms with Crippen LogP contribution >= 0.6 is 11.6 Å². The Morgan fingerprint density at radius 2 is 2.29 bits per heavy atom. The Bertz CT molecular complexity index is 439. The lowest BCUT2D eigenvalue weighted by Crippen LogP contribution is -2.26. The van der Waals surface area contributed by atoms with Crippen LogP contribution in [-0.4, -0.2) is 30.8 Å². The monoisotopic (exact) mass is 254 g/mol. The summed E-state index contributed by atoms with van der Waals surface area (Å²) in [6.45, 7) is 3.12. The van der Waals surface area contributed by atoms with E-state index < -0.39 is 0 Å². The molecule has 2 heterocycles. The summed E-state index contributed by atoms with van der Waals surface area (Å²) in [4.78, 5) is 2.33. The highest BCUT2D eigenvalue weighted by atomic mass is 35.5. The molecule has 5 heteroatoms. The number of ether oxygens (including phenoxy) is 2. The Morgan fingerprint density at radius 3 is 3.06 bits per heavy atom. The highest BCUT2D eigenvalue weighted by molar-refractivity contribution is 6.32. The van der Waals surface area contributed by atoms with Crippen LogP contribution < -0.4 is 15.2 Å². The highest BCUT2D eigenvalue weighted by Gasteiger charge is 2.22. The number of nitrogens with zero attached hydrogens (tertiary/aromatic N) is 1. The Morgan fingerprint density at radius 1 is 1.41 bits per heavy atom. The highest BCUT2D eigenvalue weighted by Crippen LogP contribution is 2.40. The Kier molecular flexibility index (Phi) is 2.86. The van der Waals surface area contributed by atoms with Crippen LogP contribution in [0.4, 0.5) is 0 Å². The van der Waals surface area contributed by atoms with Crippen LogP contribution in [0.5, 0.6) is 11.5 Å². The molecule has 0 bridgehead atoms. The first-order valence-corrected chi connectivity index (χ1v) is 6.16. The van der Waals surface area contributed by atoms with Crippen molar-refractivity contribution in [3.05, 3.63) is 22.7 Å². The summed E-state index contributed by atoms with van der Waals surface area (Å²) in [5, 5.41) is 0.624. The second-order valence-corrected chi connectivity index (χ2v) is 5.00. The van der Waals surface area contributed by atoms with Gasteiger partial charge in [0.1, 0.15) is 0 Å². The molecule has 2 aliphatic rings. The molecule has 0 aromatic heterocycles. The van der Waals surface area contributed by atoms with Gasteiger partial charge in [0.2, 0.25) is 6.79 Å². The number of likely N-dealkylation sites (tertiary alicyclic amines) is 1. The van der Waals surface area contributed by atoms with Crippen LogP contribution in [0.15, 0.2) is 12.1 Å². The van der Waals surface area contributed by atoms with Gasteiger partial charge in [-0.05, 0) is 24.1 Å². The fourth-order valence-electron chi connectivity index (χ4n) is 2.38. The van der Waals surface area contributed by atoms with E-state index in [0.29, 0.717) is 16.8 Å². The zero-order valence-electron chi connectivity index (χ0n) is 9.49. The Labute approximate surface area is 105 Å². The molecule has 1 aromatic carbocycles. The van der Waals surface area contributed by atoms with Crippen molar-refractivity contribution in [2.45, 2.75) is 19.0 Å². The average molecular weight is 255 g/mol. The summed E-state index contributed by atoms with van der Waals surface area (Å²) in [5.74, 6) is 1.41. The number of halogens is 1. The van der Waals surface area contributed by atoms with Gasteiger partial charge in [0, 0.05) is 25.7 Å². The summed E-state index contributed by atoms with van der Waals surface area (Å²) in [5.41, 5.74) is 7.03. The number of nitrogens with two attached hydrogens (primary N) is 1. The zero-order chi connectivity index (χ0) is 11.8. The summed E-state index contributed by atoms with van der Waals surface area (Å²) < 4.78 is 10.6. The minimum Gasteiger partial charge on any atom is -0.454 e. The van der Waals surface area contributed by atoms with Crippen LogP contribution in [0.25, 0.3) is 0 Å². The van der Waals surface area contributed by atoms with Crippen LogP contribution in [0.2, 0.25) is 5.02 Å². The molecule has 1 fully saturated rings. The minimum atomic E-state index is 0.257. The van der Waals surface area contributed by atoms with Gasteiger partial charge in [0.15, 0.2) is 11.5 Å². The van der Waals surface area contributed by atoms with E-state index in [9.17, 15) is 0 Å². The summed E-state index contributed by atoms with van der Waals surface area (Å²) in [6, 6.07) is 4.25. The fraction of sp³-hybridized carbons (Fsp3) is 0.500. The summed E-state index contributed by atoms with van der Waals surface area (Å²) in [7, 11) is 0. The van der Waals surface area contributed by atoms with E-state index in [4.69, 9.17) is 26.8 Å². The lowest BCUT2D eigenvalue weighted by molar-refractivity contribution is 0.174. The van der Waals surface area contributed by atoms with Crippen molar-refractivity contribution in [3.63, 3.8) is 0 Å². The van der Waals surface area contributed by atoms with Crippen molar-refractivity contribution < 1.29 is 9.47 Å². The van der Waals surface area contributed by atoms with Crippen molar-refractivity contribution in [2.24, 2.45) is 5.73 Å². The summed E-state index contributed by atoms with van der Waals surface area (Å²) in [6.07, 6.45) is 1.07. The molecule has 0 spiro atoms. The van der Waals surface area contributed by atoms with E-state index in [0.717, 1.165) is 37.4 Å². The van der Waals surface area contributed by atoms with E-state index in [-0.39, 0.29) is 6.79 Å². The lowest BCUT2D eigenvalue weighted by Gasteiger charge is -2.15. The zero-order valence-corrected chi connectivity index (χ0v) is 10.2. The van der Waals surface area contributed by atoms with E-state index in [2.05, 4.69) is 4.90 Å². The molecule has 0 saturated carbocycles. The maximum absolute atomic E-state index is 6.14. The first kappa shape index (κ1) is 11.1. The maximum atomic E-state index is 6.14. The van der Waals surface area contributed by atoms with E-state index in [1.165, 1.54) is 0 Å². The second kappa shape index (κ2) is 4.37. The van der Waals surface area contributed by atoms with Crippen molar-refractivity contribution >= 4 is 11.6 Å². The van der Waals surface area contributed by atoms with Crippen LogP contribution in [0.1, 0.15) is 12.0 Å². The summed E-state index contributed by atoms with van der Waals surface area (Å²) >= 11 is 6.14. The largest absolute Gasteiger partial charge is 0.454 e. The number of benzene rings is 1. The predicted octanol–water partition coefficient (Wildman–Crippen LogP) is 1.60. The molecule has 3 rings (SSSR count). The maximum Gasteiger partial charge on any atom is 0.231 e. The molecule has 1 saturated heterocycles. The topological polar surface area (TPSA) is 47.7 Å². The van der Waals surface area contributed by atoms with E-state index >= 15 is 0 Å². The minimum absolute atomic E-state index is 0.257. The van der Waals surface area contributed by atoms with E-state index in [1.54, 1.807) is 0 Å². The van der Waals surface area contributed by atoms with Gasteiger partial charge in [-0.1, -0.05) is 11.6 Å².